The van der Waals surface area contributed by atoms with E-state index in [9.17, 15) is 4.79 Å². The molecule has 1 aromatic carbocycles. The number of hydrogen-bond acceptors (Lipinski definition) is 3. The first-order valence-electron chi connectivity index (χ1n) is 10.6. The normalized spacial score (nSPS) is 21.6. The lowest BCUT2D eigenvalue weighted by molar-refractivity contribution is -0.116. The second-order valence-electron chi connectivity index (χ2n) is 7.66. The van der Waals surface area contributed by atoms with Crippen LogP contribution in [0.3, 0.4) is 0 Å². The summed E-state index contributed by atoms with van der Waals surface area (Å²) in [5.74, 6) is 1.07. The van der Waals surface area contributed by atoms with E-state index in [0.29, 0.717) is 12.5 Å². The van der Waals surface area contributed by atoms with E-state index >= 15 is 0 Å². The maximum Gasteiger partial charge on any atom is 0.226 e. The van der Waals surface area contributed by atoms with Crippen LogP contribution >= 0.6 is 24.2 Å². The fourth-order valence-corrected chi connectivity index (χ4v) is 5.18. The molecule has 1 amide bonds. The maximum absolute atomic E-state index is 12.6. The van der Waals surface area contributed by atoms with E-state index in [1.165, 1.54) is 42.8 Å². The summed E-state index contributed by atoms with van der Waals surface area (Å²) < 4.78 is 0. The van der Waals surface area contributed by atoms with Crippen molar-refractivity contribution < 1.29 is 4.79 Å². The molecule has 6 heteroatoms. The van der Waals surface area contributed by atoms with Crippen LogP contribution in [0.4, 0.5) is 5.69 Å². The fraction of sp³-hybridized carbons (Fsp3) is 0.636. The zero-order valence-electron chi connectivity index (χ0n) is 17.2. The third-order valence-corrected chi connectivity index (χ3v) is 6.64. The number of benzene rings is 1. The Labute approximate surface area is 180 Å². The lowest BCUT2D eigenvalue weighted by Gasteiger charge is -2.27. The fourth-order valence-electron chi connectivity index (χ4n) is 3.92. The number of amides is 1. The van der Waals surface area contributed by atoms with Crippen LogP contribution in [-0.4, -0.2) is 40.4 Å². The number of halogens is 1. The number of thioether (sulfide) groups is 1. The van der Waals surface area contributed by atoms with E-state index in [0.717, 1.165) is 30.8 Å². The molecule has 1 aliphatic carbocycles. The average molecular weight is 424 g/mol. The van der Waals surface area contributed by atoms with Gasteiger partial charge in [-0.05, 0) is 43.4 Å². The summed E-state index contributed by atoms with van der Waals surface area (Å²) in [7, 11) is 0. The van der Waals surface area contributed by atoms with Gasteiger partial charge in [0.05, 0.1) is 6.04 Å². The molecule has 1 aromatic rings. The standard InChI is InChI=1S/C22H33N3OS.ClH/c1-3-14-25-20(16-27-22(25)24-18-8-6-5-7-9-18)15-21(26)23-19-12-10-17(4-2)11-13-19;/h10-13,18,20H,3-9,14-16H2,1-2H3,(H,23,26);1H/b24-22-;. The number of rotatable bonds is 7. The molecule has 0 bridgehead atoms. The zero-order valence-corrected chi connectivity index (χ0v) is 18.8. The topological polar surface area (TPSA) is 44.7 Å². The Kier molecular flexibility index (Phi) is 9.66. The molecule has 1 atom stereocenters. The average Bonchev–Trinajstić information content (AvgIpc) is 3.05. The van der Waals surface area contributed by atoms with Gasteiger partial charge >= 0.3 is 0 Å². The van der Waals surface area contributed by atoms with Gasteiger partial charge in [-0.15, -0.1) is 12.4 Å². The minimum Gasteiger partial charge on any atom is -0.347 e. The lowest BCUT2D eigenvalue weighted by Crippen LogP contribution is -2.37. The smallest absolute Gasteiger partial charge is 0.226 e. The predicted molar refractivity (Wildman–Crippen MR) is 124 cm³/mol. The van der Waals surface area contributed by atoms with Crippen molar-refractivity contribution in [3.05, 3.63) is 29.8 Å². The van der Waals surface area contributed by atoms with Gasteiger partial charge in [0.2, 0.25) is 5.91 Å². The van der Waals surface area contributed by atoms with Gasteiger partial charge < -0.3 is 10.2 Å². The van der Waals surface area contributed by atoms with Crippen molar-refractivity contribution in [1.29, 1.82) is 0 Å². The molecule has 2 aliphatic rings. The van der Waals surface area contributed by atoms with Crippen LogP contribution in [0, 0.1) is 0 Å². The van der Waals surface area contributed by atoms with Crippen molar-refractivity contribution in [3.63, 3.8) is 0 Å². The van der Waals surface area contributed by atoms with Gasteiger partial charge in [0.25, 0.3) is 0 Å². The monoisotopic (exact) mass is 423 g/mol. The molecule has 1 saturated heterocycles. The number of aryl methyl sites for hydroxylation is 1. The van der Waals surface area contributed by atoms with Gasteiger partial charge in [-0.1, -0.05) is 57.0 Å². The van der Waals surface area contributed by atoms with E-state index in [1.807, 2.05) is 23.9 Å². The van der Waals surface area contributed by atoms with Gasteiger partial charge in [-0.2, -0.15) is 0 Å². The Hall–Kier alpha value is -1.20. The minimum absolute atomic E-state index is 0. The van der Waals surface area contributed by atoms with Crippen LogP contribution in [-0.2, 0) is 11.2 Å². The van der Waals surface area contributed by atoms with Crippen molar-refractivity contribution in [2.75, 3.05) is 17.6 Å². The third kappa shape index (κ3) is 6.41. The Balaban J connectivity index is 0.00000280. The number of nitrogens with zero attached hydrogens (tertiary/aromatic N) is 2. The summed E-state index contributed by atoms with van der Waals surface area (Å²) in [6, 6.07) is 8.91. The highest BCUT2D eigenvalue weighted by molar-refractivity contribution is 8.14. The predicted octanol–water partition coefficient (Wildman–Crippen LogP) is 5.52. The van der Waals surface area contributed by atoms with Crippen LogP contribution in [0.5, 0.6) is 0 Å². The second kappa shape index (κ2) is 11.7. The van der Waals surface area contributed by atoms with E-state index in [2.05, 4.69) is 36.2 Å². The molecule has 0 aromatic heterocycles. The molecule has 0 radical (unpaired) electrons. The molecular weight excluding hydrogens is 390 g/mol. The molecule has 1 saturated carbocycles. The highest BCUT2D eigenvalue weighted by Crippen LogP contribution is 2.29. The van der Waals surface area contributed by atoms with Gasteiger partial charge in [0.15, 0.2) is 5.17 Å². The van der Waals surface area contributed by atoms with Crippen molar-refractivity contribution in [2.24, 2.45) is 4.99 Å². The molecule has 1 heterocycles. The quantitative estimate of drug-likeness (QED) is 0.628. The second-order valence-corrected chi connectivity index (χ2v) is 8.65. The molecule has 1 aliphatic heterocycles. The number of anilines is 1. The lowest BCUT2D eigenvalue weighted by atomic mass is 9.96. The molecule has 2 fully saturated rings. The highest BCUT2D eigenvalue weighted by Gasteiger charge is 2.32. The van der Waals surface area contributed by atoms with Gasteiger partial charge in [0, 0.05) is 30.4 Å². The van der Waals surface area contributed by atoms with Gasteiger partial charge in [-0.25, -0.2) is 0 Å². The molecule has 1 N–H and O–H groups in total. The van der Waals surface area contributed by atoms with Gasteiger partial charge in [0.1, 0.15) is 0 Å². The largest absolute Gasteiger partial charge is 0.347 e. The number of nitrogens with one attached hydrogen (secondary N) is 1. The van der Waals surface area contributed by atoms with Crippen molar-refractivity contribution in [2.45, 2.75) is 77.3 Å². The summed E-state index contributed by atoms with van der Waals surface area (Å²) in [6.07, 6.45) is 9.06. The van der Waals surface area contributed by atoms with Gasteiger partial charge in [-0.3, -0.25) is 9.79 Å². The number of amidine groups is 1. The summed E-state index contributed by atoms with van der Waals surface area (Å²) in [5, 5.41) is 4.24. The van der Waals surface area contributed by atoms with E-state index in [-0.39, 0.29) is 24.4 Å². The Morgan fingerprint density at radius 1 is 1.18 bits per heavy atom. The van der Waals surface area contributed by atoms with Crippen molar-refractivity contribution in [3.8, 4) is 0 Å². The van der Waals surface area contributed by atoms with Crippen LogP contribution in [0.2, 0.25) is 0 Å². The van der Waals surface area contributed by atoms with Crippen LogP contribution < -0.4 is 5.32 Å². The number of carbonyl (C=O) groups excluding carboxylic acids is 1. The molecule has 4 nitrogen and oxygen atoms in total. The number of aliphatic imine (C=N–C) groups is 1. The third-order valence-electron chi connectivity index (χ3n) is 5.49. The zero-order chi connectivity index (χ0) is 19.1. The van der Waals surface area contributed by atoms with E-state index in [4.69, 9.17) is 4.99 Å². The first kappa shape index (κ1) is 23.1. The summed E-state index contributed by atoms with van der Waals surface area (Å²) in [4.78, 5) is 20.0. The molecule has 1 unspecified atom stereocenters. The first-order valence-corrected chi connectivity index (χ1v) is 11.5. The maximum atomic E-state index is 12.6. The summed E-state index contributed by atoms with van der Waals surface area (Å²) >= 11 is 1.84. The van der Waals surface area contributed by atoms with Crippen LogP contribution in [0.1, 0.15) is 64.4 Å². The SMILES string of the molecule is CCCN1/C(=N/C2CCCCC2)SCC1CC(=O)Nc1ccc(CC)cc1.Cl. The van der Waals surface area contributed by atoms with E-state index in [1.54, 1.807) is 0 Å². The van der Waals surface area contributed by atoms with Crippen LogP contribution in [0.15, 0.2) is 29.3 Å². The molecular formula is C22H34ClN3OS. The molecule has 0 spiro atoms. The molecule has 156 valence electrons. The first-order chi connectivity index (χ1) is 13.2. The number of hydrogen-bond donors (Lipinski definition) is 1. The Morgan fingerprint density at radius 2 is 1.89 bits per heavy atom. The minimum atomic E-state index is 0. The summed E-state index contributed by atoms with van der Waals surface area (Å²) in [6.45, 7) is 5.33. The van der Waals surface area contributed by atoms with Crippen LogP contribution in [0.25, 0.3) is 0 Å². The van der Waals surface area contributed by atoms with Crippen molar-refractivity contribution in [1.82, 2.24) is 4.90 Å². The summed E-state index contributed by atoms with van der Waals surface area (Å²) in [5.41, 5.74) is 2.18. The Morgan fingerprint density at radius 3 is 2.54 bits per heavy atom. The molecule has 3 rings (SSSR count). The Bertz CT molecular complexity index is 644. The van der Waals surface area contributed by atoms with E-state index < -0.39 is 0 Å². The van der Waals surface area contributed by atoms with Crippen molar-refractivity contribution >= 4 is 40.9 Å². The molecule has 28 heavy (non-hydrogen) atoms. The number of carbonyl (C=O) groups is 1. The highest BCUT2D eigenvalue weighted by atomic mass is 35.5.